The molecule has 0 radical (unpaired) electrons. The standard InChI is InChI=1S/C9H13ClN4/c1-14(8-2-3-11-6-8)9-12-4-7(10)5-13-9/h4-5,8,11H,2-3,6H2,1H3. The van der Waals surface area contributed by atoms with Gasteiger partial charge in [0, 0.05) is 19.6 Å². The number of halogens is 1. The zero-order valence-electron chi connectivity index (χ0n) is 8.07. The molecule has 1 saturated heterocycles. The number of hydrogen-bond donors (Lipinski definition) is 1. The number of hydrogen-bond acceptors (Lipinski definition) is 4. The number of rotatable bonds is 2. The Morgan fingerprint density at radius 3 is 2.79 bits per heavy atom. The summed E-state index contributed by atoms with van der Waals surface area (Å²) in [6, 6.07) is 0.496. The molecule has 1 unspecified atom stereocenters. The van der Waals surface area contributed by atoms with Gasteiger partial charge >= 0.3 is 0 Å². The molecule has 1 aromatic heterocycles. The summed E-state index contributed by atoms with van der Waals surface area (Å²) in [5, 5.41) is 3.89. The average molecular weight is 213 g/mol. The molecule has 4 nitrogen and oxygen atoms in total. The third-order valence-corrected chi connectivity index (χ3v) is 2.70. The molecule has 1 aliphatic rings. The molecule has 1 atom stereocenters. The number of nitrogens with one attached hydrogen (secondary N) is 1. The van der Waals surface area contributed by atoms with Crippen LogP contribution >= 0.6 is 11.6 Å². The summed E-state index contributed by atoms with van der Waals surface area (Å²) in [6.45, 7) is 2.07. The molecule has 2 rings (SSSR count). The van der Waals surface area contributed by atoms with Crippen LogP contribution in [-0.2, 0) is 0 Å². The summed E-state index contributed by atoms with van der Waals surface area (Å²) in [5.74, 6) is 0.739. The van der Waals surface area contributed by atoms with Crippen molar-refractivity contribution in [3.8, 4) is 0 Å². The lowest BCUT2D eigenvalue weighted by Crippen LogP contribution is -2.34. The van der Waals surface area contributed by atoms with Crippen molar-refractivity contribution in [1.29, 1.82) is 0 Å². The molecule has 0 spiro atoms. The van der Waals surface area contributed by atoms with E-state index in [-0.39, 0.29) is 0 Å². The van der Waals surface area contributed by atoms with Crippen LogP contribution < -0.4 is 10.2 Å². The molecule has 0 bridgehead atoms. The lowest BCUT2D eigenvalue weighted by molar-refractivity contribution is 0.668. The van der Waals surface area contributed by atoms with Crippen molar-refractivity contribution in [1.82, 2.24) is 15.3 Å². The maximum absolute atomic E-state index is 5.72. The van der Waals surface area contributed by atoms with E-state index in [2.05, 4.69) is 20.2 Å². The first-order chi connectivity index (χ1) is 6.77. The van der Waals surface area contributed by atoms with Gasteiger partial charge in [-0.05, 0) is 13.0 Å². The van der Waals surface area contributed by atoms with Gasteiger partial charge in [-0.15, -0.1) is 0 Å². The van der Waals surface area contributed by atoms with Crippen LogP contribution in [0.3, 0.4) is 0 Å². The van der Waals surface area contributed by atoms with Gasteiger partial charge < -0.3 is 10.2 Å². The van der Waals surface area contributed by atoms with Crippen LogP contribution in [0.25, 0.3) is 0 Å². The number of likely N-dealkylation sites (N-methyl/N-ethyl adjacent to an activating group) is 1. The van der Waals surface area contributed by atoms with Crippen LogP contribution in [0.15, 0.2) is 12.4 Å². The summed E-state index contributed by atoms with van der Waals surface area (Å²) in [6.07, 6.45) is 4.40. The van der Waals surface area contributed by atoms with Crippen LogP contribution in [0.2, 0.25) is 5.02 Å². The molecular weight excluding hydrogens is 200 g/mol. The molecule has 1 fully saturated rings. The van der Waals surface area contributed by atoms with Gasteiger partial charge in [0.2, 0.25) is 5.95 Å². The molecule has 5 heteroatoms. The van der Waals surface area contributed by atoms with Crippen molar-refractivity contribution in [2.45, 2.75) is 12.5 Å². The molecule has 0 aliphatic carbocycles. The van der Waals surface area contributed by atoms with Crippen LogP contribution in [0, 0.1) is 0 Å². The van der Waals surface area contributed by atoms with Gasteiger partial charge in [-0.3, -0.25) is 0 Å². The molecule has 0 amide bonds. The Labute approximate surface area is 88.3 Å². The van der Waals surface area contributed by atoms with Gasteiger partial charge in [0.15, 0.2) is 0 Å². The summed E-state index contributed by atoms with van der Waals surface area (Å²) >= 11 is 5.72. The maximum Gasteiger partial charge on any atom is 0.225 e. The van der Waals surface area contributed by atoms with E-state index in [0.717, 1.165) is 25.5 Å². The average Bonchev–Trinajstić information content (AvgIpc) is 2.71. The second-order valence-electron chi connectivity index (χ2n) is 3.46. The van der Waals surface area contributed by atoms with Gasteiger partial charge in [-0.1, -0.05) is 11.6 Å². The highest BCUT2D eigenvalue weighted by Crippen LogP contribution is 2.14. The Bertz CT molecular complexity index is 294. The van der Waals surface area contributed by atoms with E-state index in [0.29, 0.717) is 11.1 Å². The highest BCUT2D eigenvalue weighted by atomic mass is 35.5. The first kappa shape index (κ1) is 9.68. The molecule has 2 heterocycles. The molecule has 1 aromatic rings. The van der Waals surface area contributed by atoms with Crippen molar-refractivity contribution >= 4 is 17.5 Å². The van der Waals surface area contributed by atoms with Gasteiger partial charge in [-0.25, -0.2) is 9.97 Å². The van der Waals surface area contributed by atoms with Crippen molar-refractivity contribution in [2.75, 3.05) is 25.0 Å². The molecule has 1 N–H and O–H groups in total. The minimum Gasteiger partial charge on any atom is -0.340 e. The van der Waals surface area contributed by atoms with Crippen molar-refractivity contribution in [3.63, 3.8) is 0 Å². The van der Waals surface area contributed by atoms with E-state index in [4.69, 9.17) is 11.6 Å². The lowest BCUT2D eigenvalue weighted by atomic mass is 10.2. The van der Waals surface area contributed by atoms with Crippen molar-refractivity contribution in [2.24, 2.45) is 0 Å². The Morgan fingerprint density at radius 1 is 1.50 bits per heavy atom. The third kappa shape index (κ3) is 1.96. The van der Waals surface area contributed by atoms with Crippen molar-refractivity contribution in [3.05, 3.63) is 17.4 Å². The minimum absolute atomic E-state index is 0.496. The minimum atomic E-state index is 0.496. The highest BCUT2D eigenvalue weighted by molar-refractivity contribution is 6.30. The van der Waals surface area contributed by atoms with Gasteiger partial charge in [-0.2, -0.15) is 0 Å². The predicted octanol–water partition coefficient (Wildman–Crippen LogP) is 0.928. The lowest BCUT2D eigenvalue weighted by Gasteiger charge is -2.23. The topological polar surface area (TPSA) is 41.1 Å². The second-order valence-corrected chi connectivity index (χ2v) is 3.90. The largest absolute Gasteiger partial charge is 0.340 e. The van der Waals surface area contributed by atoms with E-state index in [1.165, 1.54) is 0 Å². The fourth-order valence-electron chi connectivity index (χ4n) is 1.62. The fraction of sp³-hybridized carbons (Fsp3) is 0.556. The van der Waals surface area contributed by atoms with Crippen LogP contribution in [0.5, 0.6) is 0 Å². The van der Waals surface area contributed by atoms with E-state index >= 15 is 0 Å². The number of nitrogens with zero attached hydrogens (tertiary/aromatic N) is 3. The number of anilines is 1. The molecule has 76 valence electrons. The zero-order chi connectivity index (χ0) is 9.97. The summed E-state index contributed by atoms with van der Waals surface area (Å²) in [5.41, 5.74) is 0. The van der Waals surface area contributed by atoms with Gasteiger partial charge in [0.1, 0.15) is 0 Å². The van der Waals surface area contributed by atoms with Crippen LogP contribution in [-0.4, -0.2) is 36.1 Å². The maximum atomic E-state index is 5.72. The van der Waals surface area contributed by atoms with E-state index in [1.807, 2.05) is 7.05 Å². The molecular formula is C9H13ClN4. The van der Waals surface area contributed by atoms with E-state index in [1.54, 1.807) is 12.4 Å². The predicted molar refractivity (Wildman–Crippen MR) is 56.7 cm³/mol. The SMILES string of the molecule is CN(c1ncc(Cl)cn1)C1CCNC1. The summed E-state index contributed by atoms with van der Waals surface area (Å²) in [7, 11) is 2.01. The number of aromatic nitrogens is 2. The fourth-order valence-corrected chi connectivity index (χ4v) is 1.72. The highest BCUT2D eigenvalue weighted by Gasteiger charge is 2.20. The Morgan fingerprint density at radius 2 is 2.21 bits per heavy atom. The van der Waals surface area contributed by atoms with Gasteiger partial charge in [0.25, 0.3) is 0 Å². The molecule has 0 aromatic carbocycles. The zero-order valence-corrected chi connectivity index (χ0v) is 8.83. The Balaban J connectivity index is 2.09. The Hall–Kier alpha value is -0.870. The normalized spacial score (nSPS) is 21.1. The van der Waals surface area contributed by atoms with Crippen LogP contribution in [0.1, 0.15) is 6.42 Å². The molecule has 14 heavy (non-hydrogen) atoms. The quantitative estimate of drug-likeness (QED) is 0.792. The monoisotopic (exact) mass is 212 g/mol. The molecule has 0 saturated carbocycles. The second kappa shape index (κ2) is 4.11. The smallest absolute Gasteiger partial charge is 0.225 e. The van der Waals surface area contributed by atoms with Crippen LogP contribution in [0.4, 0.5) is 5.95 Å². The van der Waals surface area contributed by atoms with E-state index < -0.39 is 0 Å². The van der Waals surface area contributed by atoms with E-state index in [9.17, 15) is 0 Å². The summed E-state index contributed by atoms with van der Waals surface area (Å²) < 4.78 is 0. The summed E-state index contributed by atoms with van der Waals surface area (Å²) in [4.78, 5) is 10.4. The van der Waals surface area contributed by atoms with Gasteiger partial charge in [0.05, 0.1) is 17.4 Å². The van der Waals surface area contributed by atoms with Crippen molar-refractivity contribution < 1.29 is 0 Å². The first-order valence-electron chi connectivity index (χ1n) is 4.68. The third-order valence-electron chi connectivity index (χ3n) is 2.50. The molecule has 1 aliphatic heterocycles. The Kier molecular flexibility index (Phi) is 2.84. The first-order valence-corrected chi connectivity index (χ1v) is 5.06.